The summed E-state index contributed by atoms with van der Waals surface area (Å²) in [5, 5.41) is 0. The molecule has 0 N–H and O–H groups in total. The lowest BCUT2D eigenvalue weighted by atomic mass is 10.1. The summed E-state index contributed by atoms with van der Waals surface area (Å²) in [4.78, 5) is 4.51. The van der Waals surface area contributed by atoms with Crippen molar-refractivity contribution in [1.82, 2.24) is 4.57 Å². The normalized spacial score (nSPS) is 11.6. The third-order valence-electron chi connectivity index (χ3n) is 3.19. The summed E-state index contributed by atoms with van der Waals surface area (Å²) in [5.74, 6) is 0. The van der Waals surface area contributed by atoms with Crippen LogP contribution in [-0.2, 0) is 0 Å². The molecule has 2 nitrogen and oxygen atoms in total. The first-order valence-electron chi connectivity index (χ1n) is 6.35. The van der Waals surface area contributed by atoms with Crippen LogP contribution in [0.1, 0.15) is 36.6 Å². The van der Waals surface area contributed by atoms with Crippen LogP contribution in [0.15, 0.2) is 41.7 Å². The summed E-state index contributed by atoms with van der Waals surface area (Å²) in [7, 11) is 0. The van der Waals surface area contributed by atoms with Gasteiger partial charge in [-0.15, -0.1) is 0 Å². The third kappa shape index (κ3) is 2.89. The van der Waals surface area contributed by atoms with Crippen molar-refractivity contribution in [3.63, 3.8) is 0 Å². The Morgan fingerprint density at radius 2 is 1.89 bits per heavy atom. The molecule has 1 aromatic carbocycles. The summed E-state index contributed by atoms with van der Waals surface area (Å²) in [6, 6.07) is 8.86. The van der Waals surface area contributed by atoms with Crippen LogP contribution in [0.3, 0.4) is 0 Å². The van der Waals surface area contributed by atoms with Crippen LogP contribution < -0.4 is 0 Å². The number of hydrogen-bond acceptors (Lipinski definition) is 1. The van der Waals surface area contributed by atoms with Crippen molar-refractivity contribution in [3.8, 4) is 0 Å². The van der Waals surface area contributed by atoms with Crippen LogP contribution in [0.5, 0.6) is 0 Å². The van der Waals surface area contributed by atoms with Crippen LogP contribution >= 0.6 is 0 Å². The van der Waals surface area contributed by atoms with Gasteiger partial charge in [-0.2, -0.15) is 0 Å². The third-order valence-corrected chi connectivity index (χ3v) is 3.19. The van der Waals surface area contributed by atoms with Gasteiger partial charge in [0, 0.05) is 30.2 Å². The standard InChI is InChI=1S/C16H20N2/c1-12(2)18-8-7-15(11-18)10-17-16-6-5-13(3)14(4)9-16/h5-12H,1-4H3. The number of benzene rings is 1. The smallest absolute Gasteiger partial charge is 0.0632 e. The molecular formula is C16H20N2. The number of aromatic nitrogens is 1. The molecule has 0 unspecified atom stereocenters. The van der Waals surface area contributed by atoms with Crippen molar-refractivity contribution >= 4 is 11.9 Å². The van der Waals surface area contributed by atoms with Crippen molar-refractivity contribution in [2.45, 2.75) is 33.7 Å². The molecule has 0 saturated heterocycles. The van der Waals surface area contributed by atoms with Gasteiger partial charge in [0.15, 0.2) is 0 Å². The lowest BCUT2D eigenvalue weighted by Gasteiger charge is -2.04. The quantitative estimate of drug-likeness (QED) is 0.706. The number of aliphatic imine (C=N–C) groups is 1. The second-order valence-electron chi connectivity index (χ2n) is 5.01. The Bertz CT molecular complexity index is 562. The fourth-order valence-electron chi connectivity index (χ4n) is 1.78. The van der Waals surface area contributed by atoms with Gasteiger partial charge in [0.2, 0.25) is 0 Å². The minimum Gasteiger partial charge on any atom is -0.351 e. The van der Waals surface area contributed by atoms with Crippen LogP contribution in [0, 0.1) is 13.8 Å². The average molecular weight is 240 g/mol. The van der Waals surface area contributed by atoms with E-state index in [2.05, 4.69) is 73.9 Å². The van der Waals surface area contributed by atoms with E-state index in [1.807, 2.05) is 6.21 Å². The summed E-state index contributed by atoms with van der Waals surface area (Å²) >= 11 is 0. The van der Waals surface area contributed by atoms with E-state index in [0.717, 1.165) is 11.3 Å². The van der Waals surface area contributed by atoms with Gasteiger partial charge in [-0.25, -0.2) is 0 Å². The van der Waals surface area contributed by atoms with E-state index in [0.29, 0.717) is 6.04 Å². The minimum atomic E-state index is 0.494. The topological polar surface area (TPSA) is 17.3 Å². The lowest BCUT2D eigenvalue weighted by molar-refractivity contribution is 0.603. The maximum absolute atomic E-state index is 4.51. The maximum Gasteiger partial charge on any atom is 0.0632 e. The Kier molecular flexibility index (Phi) is 3.66. The highest BCUT2D eigenvalue weighted by Gasteiger charge is 1.98. The van der Waals surface area contributed by atoms with Gasteiger partial charge < -0.3 is 4.57 Å². The number of nitrogens with zero attached hydrogens (tertiary/aromatic N) is 2. The van der Waals surface area contributed by atoms with Gasteiger partial charge in [0.1, 0.15) is 0 Å². The molecule has 94 valence electrons. The summed E-state index contributed by atoms with van der Waals surface area (Å²) < 4.78 is 2.18. The number of rotatable bonds is 3. The van der Waals surface area contributed by atoms with E-state index in [4.69, 9.17) is 0 Å². The van der Waals surface area contributed by atoms with Gasteiger partial charge in [-0.05, 0) is 57.0 Å². The van der Waals surface area contributed by atoms with E-state index in [1.54, 1.807) is 0 Å². The van der Waals surface area contributed by atoms with Crippen LogP contribution in [-0.4, -0.2) is 10.8 Å². The molecule has 0 amide bonds. The van der Waals surface area contributed by atoms with E-state index in [9.17, 15) is 0 Å². The molecule has 2 rings (SSSR count). The zero-order valence-electron chi connectivity index (χ0n) is 11.5. The molecular weight excluding hydrogens is 220 g/mol. The summed E-state index contributed by atoms with van der Waals surface area (Å²) in [6.07, 6.45) is 6.13. The molecule has 0 bridgehead atoms. The summed E-state index contributed by atoms with van der Waals surface area (Å²) in [6.45, 7) is 8.57. The highest BCUT2D eigenvalue weighted by atomic mass is 15.0. The molecule has 1 aromatic heterocycles. The number of aryl methyl sites for hydroxylation is 2. The van der Waals surface area contributed by atoms with Crippen molar-refractivity contribution in [2.24, 2.45) is 4.99 Å². The first kappa shape index (κ1) is 12.6. The van der Waals surface area contributed by atoms with Gasteiger partial charge in [-0.1, -0.05) is 6.07 Å². The van der Waals surface area contributed by atoms with E-state index in [-0.39, 0.29) is 0 Å². The Morgan fingerprint density at radius 1 is 1.11 bits per heavy atom. The second-order valence-corrected chi connectivity index (χ2v) is 5.01. The zero-order chi connectivity index (χ0) is 13.1. The Labute approximate surface area is 109 Å². The maximum atomic E-state index is 4.51. The van der Waals surface area contributed by atoms with Gasteiger partial charge in [0.05, 0.1) is 5.69 Å². The van der Waals surface area contributed by atoms with Crippen molar-refractivity contribution in [1.29, 1.82) is 0 Å². The fourth-order valence-corrected chi connectivity index (χ4v) is 1.78. The molecule has 1 heterocycles. The Morgan fingerprint density at radius 3 is 2.50 bits per heavy atom. The SMILES string of the molecule is Cc1ccc(N=Cc2ccn(C(C)C)c2)cc1C. The highest BCUT2D eigenvalue weighted by Crippen LogP contribution is 2.17. The van der Waals surface area contributed by atoms with Crippen molar-refractivity contribution in [2.75, 3.05) is 0 Å². The molecule has 2 heteroatoms. The monoisotopic (exact) mass is 240 g/mol. The molecule has 0 aliphatic carbocycles. The molecule has 0 radical (unpaired) electrons. The van der Waals surface area contributed by atoms with Gasteiger partial charge in [0.25, 0.3) is 0 Å². The first-order chi connectivity index (χ1) is 8.56. The van der Waals surface area contributed by atoms with E-state index < -0.39 is 0 Å². The highest BCUT2D eigenvalue weighted by molar-refractivity contribution is 5.81. The van der Waals surface area contributed by atoms with Crippen molar-refractivity contribution in [3.05, 3.63) is 53.3 Å². The van der Waals surface area contributed by atoms with E-state index >= 15 is 0 Å². The second kappa shape index (κ2) is 5.21. The van der Waals surface area contributed by atoms with E-state index in [1.165, 1.54) is 11.1 Å². The summed E-state index contributed by atoms with van der Waals surface area (Å²) in [5.41, 5.74) is 4.74. The van der Waals surface area contributed by atoms with Crippen LogP contribution in [0.4, 0.5) is 5.69 Å². The molecule has 18 heavy (non-hydrogen) atoms. The number of hydrogen-bond donors (Lipinski definition) is 0. The van der Waals surface area contributed by atoms with Gasteiger partial charge >= 0.3 is 0 Å². The average Bonchev–Trinajstić information content (AvgIpc) is 2.79. The minimum absolute atomic E-state index is 0.494. The molecule has 0 saturated carbocycles. The fraction of sp³-hybridized carbons (Fsp3) is 0.312. The Balaban J connectivity index is 2.16. The molecule has 0 fully saturated rings. The predicted molar refractivity (Wildman–Crippen MR) is 78.0 cm³/mol. The molecule has 0 aliphatic heterocycles. The molecule has 0 atom stereocenters. The molecule has 0 spiro atoms. The first-order valence-corrected chi connectivity index (χ1v) is 6.35. The van der Waals surface area contributed by atoms with Crippen LogP contribution in [0.25, 0.3) is 0 Å². The Hall–Kier alpha value is -1.83. The zero-order valence-corrected chi connectivity index (χ0v) is 11.5. The molecule has 0 aliphatic rings. The lowest BCUT2D eigenvalue weighted by Crippen LogP contribution is -1.95. The van der Waals surface area contributed by atoms with Crippen LogP contribution in [0.2, 0.25) is 0 Å². The van der Waals surface area contributed by atoms with Crippen molar-refractivity contribution < 1.29 is 0 Å². The van der Waals surface area contributed by atoms with Gasteiger partial charge in [-0.3, -0.25) is 4.99 Å². The predicted octanol–water partition coefficient (Wildman–Crippen LogP) is 4.44. The molecule has 2 aromatic rings. The largest absolute Gasteiger partial charge is 0.351 e.